The highest BCUT2D eigenvalue weighted by atomic mass is 35.5. The first-order valence-electron chi connectivity index (χ1n) is 5.81. The molecule has 0 atom stereocenters. The monoisotopic (exact) mass is 273 g/mol. The number of hydrogen-bond acceptors (Lipinski definition) is 4. The van der Waals surface area contributed by atoms with Gasteiger partial charge in [-0.15, -0.1) is 10.2 Å². The standard InChI is InChI=1S/C13H12ClN5/c1-18(2)10-5-3-4-9(8-10)13-16-15-12-7-6-11(14)17-19(12)13/h3-8H,1-2H3. The zero-order valence-electron chi connectivity index (χ0n) is 10.6. The summed E-state index contributed by atoms with van der Waals surface area (Å²) in [5, 5.41) is 12.9. The summed E-state index contributed by atoms with van der Waals surface area (Å²) >= 11 is 5.92. The van der Waals surface area contributed by atoms with Gasteiger partial charge in [0.25, 0.3) is 0 Å². The van der Waals surface area contributed by atoms with Crippen LogP contribution in [0.4, 0.5) is 5.69 Å². The van der Waals surface area contributed by atoms with Crippen molar-refractivity contribution in [2.24, 2.45) is 0 Å². The maximum atomic E-state index is 5.92. The first-order chi connectivity index (χ1) is 9.15. The molecule has 5 nitrogen and oxygen atoms in total. The van der Waals surface area contributed by atoms with Crippen molar-refractivity contribution in [3.05, 3.63) is 41.6 Å². The van der Waals surface area contributed by atoms with Crippen LogP contribution in [0.1, 0.15) is 0 Å². The van der Waals surface area contributed by atoms with Crippen LogP contribution in [0.5, 0.6) is 0 Å². The fourth-order valence-electron chi connectivity index (χ4n) is 1.87. The number of fused-ring (bicyclic) bond motifs is 1. The SMILES string of the molecule is CN(C)c1cccc(-c2nnc3ccc(Cl)nn23)c1. The highest BCUT2D eigenvalue weighted by Crippen LogP contribution is 2.22. The largest absolute Gasteiger partial charge is 0.378 e. The highest BCUT2D eigenvalue weighted by molar-refractivity contribution is 6.29. The van der Waals surface area contributed by atoms with Gasteiger partial charge in [-0.25, -0.2) is 0 Å². The number of aromatic nitrogens is 4. The Morgan fingerprint density at radius 3 is 2.74 bits per heavy atom. The van der Waals surface area contributed by atoms with Gasteiger partial charge in [-0.3, -0.25) is 0 Å². The van der Waals surface area contributed by atoms with Crippen molar-refractivity contribution >= 4 is 22.9 Å². The van der Waals surface area contributed by atoms with Crippen LogP contribution in [0.15, 0.2) is 36.4 Å². The van der Waals surface area contributed by atoms with Gasteiger partial charge >= 0.3 is 0 Å². The Morgan fingerprint density at radius 1 is 1.11 bits per heavy atom. The Bertz CT molecular complexity index is 735. The minimum Gasteiger partial charge on any atom is -0.378 e. The highest BCUT2D eigenvalue weighted by Gasteiger charge is 2.10. The van der Waals surface area contributed by atoms with Gasteiger partial charge < -0.3 is 4.90 Å². The third kappa shape index (κ3) is 2.13. The Balaban J connectivity index is 2.18. The van der Waals surface area contributed by atoms with Crippen molar-refractivity contribution in [1.29, 1.82) is 0 Å². The van der Waals surface area contributed by atoms with E-state index in [1.807, 2.05) is 43.3 Å². The van der Waals surface area contributed by atoms with Gasteiger partial charge in [0.15, 0.2) is 11.5 Å². The molecule has 3 rings (SSSR count). The molecule has 0 N–H and O–H groups in total. The molecule has 2 heterocycles. The summed E-state index contributed by atoms with van der Waals surface area (Å²) < 4.78 is 1.65. The van der Waals surface area contributed by atoms with E-state index in [4.69, 9.17) is 11.6 Å². The molecule has 0 radical (unpaired) electrons. The van der Waals surface area contributed by atoms with Gasteiger partial charge in [0.05, 0.1) is 0 Å². The fraction of sp³-hybridized carbons (Fsp3) is 0.154. The van der Waals surface area contributed by atoms with E-state index in [2.05, 4.69) is 15.3 Å². The average Bonchev–Trinajstić information content (AvgIpc) is 2.81. The Morgan fingerprint density at radius 2 is 1.95 bits per heavy atom. The molecule has 0 bridgehead atoms. The second-order valence-electron chi connectivity index (χ2n) is 4.39. The van der Waals surface area contributed by atoms with Gasteiger partial charge in [-0.2, -0.15) is 9.61 Å². The lowest BCUT2D eigenvalue weighted by Gasteiger charge is -2.12. The number of nitrogens with zero attached hydrogens (tertiary/aromatic N) is 5. The molecule has 96 valence electrons. The summed E-state index contributed by atoms with van der Waals surface area (Å²) in [6.45, 7) is 0. The third-order valence-corrected chi connectivity index (χ3v) is 3.05. The molecule has 19 heavy (non-hydrogen) atoms. The van der Waals surface area contributed by atoms with Crippen molar-refractivity contribution in [2.45, 2.75) is 0 Å². The summed E-state index contributed by atoms with van der Waals surface area (Å²) in [4.78, 5) is 2.03. The van der Waals surface area contributed by atoms with Crippen LogP contribution in [0.3, 0.4) is 0 Å². The van der Waals surface area contributed by atoms with Gasteiger partial charge in [0.1, 0.15) is 5.15 Å². The molecule has 0 aliphatic carbocycles. The van der Waals surface area contributed by atoms with E-state index in [0.717, 1.165) is 11.3 Å². The number of hydrogen-bond donors (Lipinski definition) is 0. The van der Waals surface area contributed by atoms with E-state index in [-0.39, 0.29) is 0 Å². The van der Waals surface area contributed by atoms with Gasteiger partial charge in [0, 0.05) is 25.3 Å². The van der Waals surface area contributed by atoms with Crippen LogP contribution in [-0.4, -0.2) is 33.9 Å². The average molecular weight is 274 g/mol. The molecule has 0 saturated carbocycles. The molecule has 6 heteroatoms. The Hall–Kier alpha value is -2.14. The summed E-state index contributed by atoms with van der Waals surface area (Å²) in [6, 6.07) is 11.5. The van der Waals surface area contributed by atoms with Crippen molar-refractivity contribution < 1.29 is 0 Å². The van der Waals surface area contributed by atoms with Crippen LogP contribution < -0.4 is 4.90 Å². The third-order valence-electron chi connectivity index (χ3n) is 2.85. The number of halogens is 1. The van der Waals surface area contributed by atoms with Crippen LogP contribution in [0.25, 0.3) is 17.0 Å². The van der Waals surface area contributed by atoms with E-state index in [1.54, 1.807) is 16.6 Å². The molecule has 0 unspecified atom stereocenters. The minimum absolute atomic E-state index is 0.414. The fourth-order valence-corrected chi connectivity index (χ4v) is 2.01. The molecule has 0 aliphatic rings. The van der Waals surface area contributed by atoms with E-state index in [1.165, 1.54) is 0 Å². The van der Waals surface area contributed by atoms with Crippen LogP contribution in [0.2, 0.25) is 5.15 Å². The van der Waals surface area contributed by atoms with E-state index in [0.29, 0.717) is 16.6 Å². The molecule has 0 amide bonds. The van der Waals surface area contributed by atoms with Crippen molar-refractivity contribution in [1.82, 2.24) is 19.8 Å². The van der Waals surface area contributed by atoms with Crippen LogP contribution in [0, 0.1) is 0 Å². The summed E-state index contributed by atoms with van der Waals surface area (Å²) in [6.07, 6.45) is 0. The zero-order chi connectivity index (χ0) is 13.4. The molecular weight excluding hydrogens is 262 g/mol. The van der Waals surface area contributed by atoms with Crippen molar-refractivity contribution in [3.63, 3.8) is 0 Å². The maximum absolute atomic E-state index is 5.92. The molecule has 0 saturated heterocycles. The summed E-state index contributed by atoms with van der Waals surface area (Å²) in [5.41, 5.74) is 2.72. The quantitative estimate of drug-likeness (QED) is 0.720. The summed E-state index contributed by atoms with van der Waals surface area (Å²) in [7, 11) is 3.99. The zero-order valence-corrected chi connectivity index (χ0v) is 11.3. The Kier molecular flexibility index (Phi) is 2.83. The lowest BCUT2D eigenvalue weighted by molar-refractivity contribution is 0.936. The van der Waals surface area contributed by atoms with E-state index >= 15 is 0 Å². The Labute approximate surface area is 115 Å². The molecule has 0 aliphatic heterocycles. The molecule has 2 aromatic heterocycles. The topological polar surface area (TPSA) is 46.3 Å². The van der Waals surface area contributed by atoms with Crippen LogP contribution >= 0.6 is 11.6 Å². The number of benzene rings is 1. The lowest BCUT2D eigenvalue weighted by Crippen LogP contribution is -2.08. The minimum atomic E-state index is 0.414. The smallest absolute Gasteiger partial charge is 0.185 e. The molecule has 3 aromatic rings. The molecule has 1 aromatic carbocycles. The normalized spacial score (nSPS) is 10.9. The molecular formula is C13H12ClN5. The first kappa shape index (κ1) is 11.9. The lowest BCUT2D eigenvalue weighted by atomic mass is 10.2. The first-order valence-corrected chi connectivity index (χ1v) is 6.19. The predicted molar refractivity (Wildman–Crippen MR) is 75.6 cm³/mol. The molecule has 0 spiro atoms. The van der Waals surface area contributed by atoms with E-state index < -0.39 is 0 Å². The maximum Gasteiger partial charge on any atom is 0.185 e. The second kappa shape index (κ2) is 4.51. The summed E-state index contributed by atoms with van der Waals surface area (Å²) in [5.74, 6) is 0.682. The van der Waals surface area contributed by atoms with Crippen molar-refractivity contribution in [2.75, 3.05) is 19.0 Å². The van der Waals surface area contributed by atoms with E-state index in [9.17, 15) is 0 Å². The van der Waals surface area contributed by atoms with Gasteiger partial charge in [-0.05, 0) is 24.3 Å². The number of rotatable bonds is 2. The molecule has 0 fully saturated rings. The predicted octanol–water partition coefficient (Wildman–Crippen LogP) is 2.51. The second-order valence-corrected chi connectivity index (χ2v) is 4.78. The number of anilines is 1. The van der Waals surface area contributed by atoms with Crippen molar-refractivity contribution in [3.8, 4) is 11.4 Å². The van der Waals surface area contributed by atoms with Gasteiger partial charge in [0.2, 0.25) is 0 Å². The van der Waals surface area contributed by atoms with Crippen LogP contribution in [-0.2, 0) is 0 Å². The van der Waals surface area contributed by atoms with Gasteiger partial charge in [-0.1, -0.05) is 23.7 Å².